The Bertz CT molecular complexity index is 796. The van der Waals surface area contributed by atoms with Gasteiger partial charge in [0.1, 0.15) is 11.0 Å². The topological polar surface area (TPSA) is 57.0 Å². The third-order valence-corrected chi connectivity index (χ3v) is 3.44. The van der Waals surface area contributed by atoms with Crippen LogP contribution in [0, 0.1) is 0 Å². The molecular weight excluding hydrogens is 290 g/mol. The third-order valence-electron chi connectivity index (χ3n) is 3.18. The van der Waals surface area contributed by atoms with Crippen molar-refractivity contribution in [3.05, 3.63) is 58.6 Å². The van der Waals surface area contributed by atoms with Crippen molar-refractivity contribution in [3.63, 3.8) is 0 Å². The first-order valence-electron chi connectivity index (χ1n) is 6.34. The van der Waals surface area contributed by atoms with Crippen molar-refractivity contribution < 1.29 is 9.53 Å². The molecule has 0 spiro atoms. The summed E-state index contributed by atoms with van der Waals surface area (Å²) in [6.45, 7) is 0.502. The zero-order chi connectivity index (χ0) is 14.8. The van der Waals surface area contributed by atoms with Gasteiger partial charge in [0, 0.05) is 5.02 Å². The van der Waals surface area contributed by atoms with Gasteiger partial charge in [-0.05, 0) is 29.8 Å². The number of ether oxygens (including phenoxy) is 1. The first kappa shape index (κ1) is 13.6. The number of halogens is 1. The van der Waals surface area contributed by atoms with Crippen molar-refractivity contribution in [2.45, 2.75) is 6.54 Å². The summed E-state index contributed by atoms with van der Waals surface area (Å²) in [6, 6.07) is 12.7. The Morgan fingerprint density at radius 2 is 2.00 bits per heavy atom. The highest BCUT2D eigenvalue weighted by molar-refractivity contribution is 6.30. The molecule has 0 saturated carbocycles. The van der Waals surface area contributed by atoms with Crippen LogP contribution in [0.2, 0.25) is 5.02 Å². The zero-order valence-corrected chi connectivity index (χ0v) is 12.0. The molecule has 21 heavy (non-hydrogen) atoms. The maximum Gasteiger partial charge on any atom is 0.340 e. The highest BCUT2D eigenvalue weighted by Gasteiger charge is 2.15. The van der Waals surface area contributed by atoms with Gasteiger partial charge in [0.25, 0.3) is 0 Å². The van der Waals surface area contributed by atoms with Crippen molar-refractivity contribution in [1.82, 2.24) is 15.0 Å². The van der Waals surface area contributed by atoms with Crippen LogP contribution in [-0.4, -0.2) is 28.1 Å². The molecule has 3 aromatic rings. The smallest absolute Gasteiger partial charge is 0.340 e. The molecule has 1 heterocycles. The number of methoxy groups -OCH3 is 1. The number of carbonyl (C=O) groups is 1. The second-order valence-electron chi connectivity index (χ2n) is 4.54. The molecule has 0 aliphatic heterocycles. The van der Waals surface area contributed by atoms with Crippen molar-refractivity contribution in [3.8, 4) is 0 Å². The maximum absolute atomic E-state index is 11.9. The van der Waals surface area contributed by atoms with Crippen molar-refractivity contribution >= 4 is 28.6 Å². The van der Waals surface area contributed by atoms with Crippen LogP contribution in [0.5, 0.6) is 0 Å². The molecule has 0 atom stereocenters. The monoisotopic (exact) mass is 301 g/mol. The van der Waals surface area contributed by atoms with Gasteiger partial charge in [0.15, 0.2) is 0 Å². The van der Waals surface area contributed by atoms with Crippen LogP contribution < -0.4 is 0 Å². The van der Waals surface area contributed by atoms with E-state index in [1.807, 2.05) is 30.3 Å². The molecule has 2 aromatic carbocycles. The minimum Gasteiger partial charge on any atom is -0.465 e. The van der Waals surface area contributed by atoms with Gasteiger partial charge < -0.3 is 4.74 Å². The van der Waals surface area contributed by atoms with E-state index in [1.165, 1.54) is 7.11 Å². The Hall–Kier alpha value is -2.40. The number of hydrogen-bond acceptors (Lipinski definition) is 4. The minimum absolute atomic E-state index is 0.403. The summed E-state index contributed by atoms with van der Waals surface area (Å²) >= 11 is 5.88. The number of fused-ring (bicyclic) bond motifs is 1. The van der Waals surface area contributed by atoms with E-state index >= 15 is 0 Å². The number of nitrogens with zero attached hydrogens (tertiary/aromatic N) is 3. The van der Waals surface area contributed by atoms with Crippen molar-refractivity contribution in [2.75, 3.05) is 7.11 Å². The largest absolute Gasteiger partial charge is 0.465 e. The predicted molar refractivity (Wildman–Crippen MR) is 79.4 cm³/mol. The number of rotatable bonds is 3. The van der Waals surface area contributed by atoms with Gasteiger partial charge in [-0.3, -0.25) is 0 Å². The molecule has 0 unspecified atom stereocenters. The Morgan fingerprint density at radius 1 is 1.24 bits per heavy atom. The second-order valence-corrected chi connectivity index (χ2v) is 4.97. The fraction of sp³-hybridized carbons (Fsp3) is 0.133. The van der Waals surface area contributed by atoms with Crippen LogP contribution in [0.1, 0.15) is 15.9 Å². The fourth-order valence-corrected chi connectivity index (χ4v) is 2.30. The Kier molecular flexibility index (Phi) is 3.58. The summed E-state index contributed by atoms with van der Waals surface area (Å²) in [5.74, 6) is -0.403. The molecule has 1 aromatic heterocycles. The van der Waals surface area contributed by atoms with Crippen molar-refractivity contribution in [2.24, 2.45) is 0 Å². The lowest BCUT2D eigenvalue weighted by Crippen LogP contribution is -2.07. The van der Waals surface area contributed by atoms with E-state index in [-0.39, 0.29) is 0 Å². The lowest BCUT2D eigenvalue weighted by atomic mass is 10.1. The SMILES string of the molecule is COC(=O)c1cccc2nnn(Cc3ccc(Cl)cc3)c12. The molecule has 0 aliphatic rings. The summed E-state index contributed by atoms with van der Waals surface area (Å²) in [7, 11) is 1.36. The average Bonchev–Trinajstić information content (AvgIpc) is 2.92. The normalized spacial score (nSPS) is 10.8. The van der Waals surface area contributed by atoms with E-state index in [1.54, 1.807) is 16.8 Å². The van der Waals surface area contributed by atoms with Crippen molar-refractivity contribution in [1.29, 1.82) is 0 Å². The van der Waals surface area contributed by atoms with E-state index in [4.69, 9.17) is 16.3 Å². The maximum atomic E-state index is 11.9. The standard InChI is InChI=1S/C15H12ClN3O2/c1-21-15(20)12-3-2-4-13-14(12)19(18-17-13)9-10-5-7-11(16)8-6-10/h2-8H,9H2,1H3. The first-order chi connectivity index (χ1) is 10.2. The van der Waals surface area contributed by atoms with E-state index in [0.29, 0.717) is 28.2 Å². The minimum atomic E-state index is -0.403. The van der Waals surface area contributed by atoms with Gasteiger partial charge in [0.05, 0.1) is 19.2 Å². The van der Waals surface area contributed by atoms with Gasteiger partial charge in [-0.15, -0.1) is 5.10 Å². The Morgan fingerprint density at radius 3 is 2.71 bits per heavy atom. The highest BCUT2D eigenvalue weighted by atomic mass is 35.5. The summed E-state index contributed by atoms with van der Waals surface area (Å²) in [5, 5.41) is 8.88. The average molecular weight is 302 g/mol. The fourth-order valence-electron chi connectivity index (χ4n) is 2.18. The molecular formula is C15H12ClN3O2. The molecule has 3 rings (SSSR count). The first-order valence-corrected chi connectivity index (χ1v) is 6.72. The second kappa shape index (κ2) is 5.54. The van der Waals surface area contributed by atoms with E-state index in [0.717, 1.165) is 5.56 Å². The number of hydrogen-bond donors (Lipinski definition) is 0. The quantitative estimate of drug-likeness (QED) is 0.698. The van der Waals surface area contributed by atoms with Crippen LogP contribution >= 0.6 is 11.6 Å². The van der Waals surface area contributed by atoms with E-state index < -0.39 is 5.97 Å². The molecule has 6 heteroatoms. The third kappa shape index (κ3) is 2.60. The lowest BCUT2D eigenvalue weighted by Gasteiger charge is -2.06. The molecule has 0 bridgehead atoms. The number of aromatic nitrogens is 3. The van der Waals surface area contributed by atoms with E-state index in [9.17, 15) is 4.79 Å². The van der Waals surface area contributed by atoms with E-state index in [2.05, 4.69) is 10.3 Å². The van der Waals surface area contributed by atoms with Crippen LogP contribution in [0.15, 0.2) is 42.5 Å². The summed E-state index contributed by atoms with van der Waals surface area (Å²) in [5.41, 5.74) is 2.80. The zero-order valence-electron chi connectivity index (χ0n) is 11.3. The van der Waals surface area contributed by atoms with Gasteiger partial charge >= 0.3 is 5.97 Å². The number of carbonyl (C=O) groups excluding carboxylic acids is 1. The molecule has 0 aliphatic carbocycles. The van der Waals surface area contributed by atoms with Crippen LogP contribution in [-0.2, 0) is 11.3 Å². The molecule has 5 nitrogen and oxygen atoms in total. The Labute approximate surface area is 126 Å². The molecule has 0 amide bonds. The van der Waals surface area contributed by atoms with Gasteiger partial charge in [-0.1, -0.05) is 35.0 Å². The number of benzene rings is 2. The van der Waals surface area contributed by atoms with Gasteiger partial charge in [0.2, 0.25) is 0 Å². The van der Waals surface area contributed by atoms with Crippen LogP contribution in [0.4, 0.5) is 0 Å². The molecule has 0 N–H and O–H groups in total. The lowest BCUT2D eigenvalue weighted by molar-refractivity contribution is 0.0602. The highest BCUT2D eigenvalue weighted by Crippen LogP contribution is 2.19. The molecule has 0 radical (unpaired) electrons. The van der Waals surface area contributed by atoms with Gasteiger partial charge in [-0.2, -0.15) is 0 Å². The molecule has 0 fully saturated rings. The predicted octanol–water partition coefficient (Wildman–Crippen LogP) is 2.92. The van der Waals surface area contributed by atoms with Gasteiger partial charge in [-0.25, -0.2) is 9.48 Å². The summed E-state index contributed by atoms with van der Waals surface area (Å²) in [4.78, 5) is 11.9. The number of para-hydroxylation sites is 1. The Balaban J connectivity index is 2.06. The summed E-state index contributed by atoms with van der Waals surface area (Å²) in [6.07, 6.45) is 0. The van der Waals surface area contributed by atoms with Crippen LogP contribution in [0.3, 0.4) is 0 Å². The summed E-state index contributed by atoms with van der Waals surface area (Å²) < 4.78 is 6.49. The molecule has 106 valence electrons. The molecule has 0 saturated heterocycles. The van der Waals surface area contributed by atoms with Crippen LogP contribution in [0.25, 0.3) is 11.0 Å². The number of esters is 1.